The smallest absolute Gasteiger partial charge is 0.0476 e. The summed E-state index contributed by atoms with van der Waals surface area (Å²) in [7, 11) is 1.74. The van der Waals surface area contributed by atoms with Crippen molar-refractivity contribution in [3.8, 4) is 0 Å². The van der Waals surface area contributed by atoms with Gasteiger partial charge in [0.2, 0.25) is 0 Å². The third-order valence-electron chi connectivity index (χ3n) is 3.53. The minimum atomic E-state index is 0.360. The highest BCUT2D eigenvalue weighted by atomic mass is 16.5. The largest absolute Gasteiger partial charge is 0.396 e. The second kappa shape index (κ2) is 7.20. The summed E-state index contributed by atoms with van der Waals surface area (Å²) in [5.41, 5.74) is 0. The third-order valence-corrected chi connectivity index (χ3v) is 3.53. The number of aliphatic hydroxyl groups is 1. The molecule has 1 saturated carbocycles. The maximum absolute atomic E-state index is 9.20. The fourth-order valence-corrected chi connectivity index (χ4v) is 2.37. The third kappa shape index (κ3) is 4.49. The molecule has 1 aliphatic carbocycles. The van der Waals surface area contributed by atoms with Crippen molar-refractivity contribution in [3.05, 3.63) is 0 Å². The summed E-state index contributed by atoms with van der Waals surface area (Å²) in [6.07, 6.45) is 4.82. The molecule has 0 aromatic rings. The molecule has 0 amide bonds. The van der Waals surface area contributed by atoms with Crippen LogP contribution in [0.2, 0.25) is 0 Å². The van der Waals surface area contributed by atoms with E-state index in [-0.39, 0.29) is 0 Å². The van der Waals surface area contributed by atoms with Gasteiger partial charge in [-0.25, -0.2) is 0 Å². The molecule has 3 atom stereocenters. The Bertz CT molecular complexity index is 164. The zero-order chi connectivity index (χ0) is 11.1. The van der Waals surface area contributed by atoms with Gasteiger partial charge in [-0.05, 0) is 44.6 Å². The molecule has 3 heteroatoms. The molecule has 0 bridgehead atoms. The molecule has 3 nitrogen and oxygen atoms in total. The minimum absolute atomic E-state index is 0.360. The first-order valence-electron chi connectivity index (χ1n) is 6.11. The van der Waals surface area contributed by atoms with E-state index in [1.54, 1.807) is 7.11 Å². The maximum atomic E-state index is 9.20. The lowest BCUT2D eigenvalue weighted by Gasteiger charge is -2.21. The summed E-state index contributed by atoms with van der Waals surface area (Å²) in [5.74, 6) is 1.21. The maximum Gasteiger partial charge on any atom is 0.0476 e. The molecule has 2 N–H and O–H groups in total. The fraction of sp³-hybridized carbons (Fsp3) is 1.00. The first-order chi connectivity index (χ1) is 7.27. The van der Waals surface area contributed by atoms with E-state index in [0.29, 0.717) is 24.5 Å². The van der Waals surface area contributed by atoms with Crippen LogP contribution in [0.25, 0.3) is 0 Å². The standard InChI is InChI=1S/C12H25NO2/c1-10(6-7-15-2)13-8-11-4-3-5-12(11)9-14/h10-14H,3-9H2,1-2H3. The molecule has 1 aliphatic rings. The van der Waals surface area contributed by atoms with Crippen molar-refractivity contribution in [2.45, 2.75) is 38.6 Å². The average Bonchev–Trinajstić information content (AvgIpc) is 2.70. The molecule has 0 aromatic heterocycles. The zero-order valence-corrected chi connectivity index (χ0v) is 10.0. The molecule has 0 saturated heterocycles. The SMILES string of the molecule is COCCC(C)NCC1CCCC1CO. The van der Waals surface area contributed by atoms with Gasteiger partial charge in [-0.15, -0.1) is 0 Å². The lowest BCUT2D eigenvalue weighted by atomic mass is 9.96. The molecule has 90 valence electrons. The van der Waals surface area contributed by atoms with E-state index in [9.17, 15) is 5.11 Å². The van der Waals surface area contributed by atoms with Gasteiger partial charge in [-0.3, -0.25) is 0 Å². The number of rotatable bonds is 7. The molecule has 15 heavy (non-hydrogen) atoms. The molecular formula is C12H25NO2. The van der Waals surface area contributed by atoms with Crippen molar-refractivity contribution in [1.29, 1.82) is 0 Å². The highest BCUT2D eigenvalue weighted by Gasteiger charge is 2.26. The number of hydrogen-bond donors (Lipinski definition) is 2. The molecular weight excluding hydrogens is 190 g/mol. The molecule has 0 heterocycles. The van der Waals surface area contributed by atoms with E-state index < -0.39 is 0 Å². The summed E-state index contributed by atoms with van der Waals surface area (Å²) in [5, 5.41) is 12.7. The zero-order valence-electron chi connectivity index (χ0n) is 10.0. The van der Waals surface area contributed by atoms with Gasteiger partial charge in [0.1, 0.15) is 0 Å². The molecule has 1 rings (SSSR count). The van der Waals surface area contributed by atoms with Gasteiger partial charge in [0.15, 0.2) is 0 Å². The van der Waals surface area contributed by atoms with Crippen LogP contribution >= 0.6 is 0 Å². The minimum Gasteiger partial charge on any atom is -0.396 e. The molecule has 0 spiro atoms. The topological polar surface area (TPSA) is 41.5 Å². The molecule has 3 unspecified atom stereocenters. The van der Waals surface area contributed by atoms with Crippen molar-refractivity contribution >= 4 is 0 Å². The van der Waals surface area contributed by atoms with Gasteiger partial charge in [0, 0.05) is 26.4 Å². The van der Waals surface area contributed by atoms with Crippen LogP contribution < -0.4 is 5.32 Å². The van der Waals surface area contributed by atoms with Gasteiger partial charge < -0.3 is 15.2 Å². The Hall–Kier alpha value is -0.120. The van der Waals surface area contributed by atoms with Gasteiger partial charge >= 0.3 is 0 Å². The predicted molar refractivity (Wildman–Crippen MR) is 61.9 cm³/mol. The number of hydrogen-bond acceptors (Lipinski definition) is 3. The Kier molecular flexibility index (Phi) is 6.22. The highest BCUT2D eigenvalue weighted by molar-refractivity contribution is 4.79. The Morgan fingerprint density at radius 2 is 2.13 bits per heavy atom. The van der Waals surface area contributed by atoms with Crippen LogP contribution in [-0.2, 0) is 4.74 Å². The fourth-order valence-electron chi connectivity index (χ4n) is 2.37. The van der Waals surface area contributed by atoms with Crippen LogP contribution in [0.4, 0.5) is 0 Å². The van der Waals surface area contributed by atoms with E-state index in [0.717, 1.165) is 19.6 Å². The molecule has 1 fully saturated rings. The van der Waals surface area contributed by atoms with E-state index in [1.165, 1.54) is 19.3 Å². The highest BCUT2D eigenvalue weighted by Crippen LogP contribution is 2.30. The lowest BCUT2D eigenvalue weighted by Crippen LogP contribution is -2.33. The summed E-state index contributed by atoms with van der Waals surface area (Å²) in [6, 6.07) is 0.518. The van der Waals surface area contributed by atoms with E-state index in [2.05, 4.69) is 12.2 Å². The van der Waals surface area contributed by atoms with Crippen LogP contribution in [0.5, 0.6) is 0 Å². The normalized spacial score (nSPS) is 28.2. The Labute approximate surface area is 93.2 Å². The summed E-state index contributed by atoms with van der Waals surface area (Å²) >= 11 is 0. The van der Waals surface area contributed by atoms with E-state index >= 15 is 0 Å². The summed E-state index contributed by atoms with van der Waals surface area (Å²) < 4.78 is 5.05. The van der Waals surface area contributed by atoms with Crippen LogP contribution in [0, 0.1) is 11.8 Å². The number of aliphatic hydroxyl groups excluding tert-OH is 1. The van der Waals surface area contributed by atoms with Crippen LogP contribution in [0.15, 0.2) is 0 Å². The first-order valence-corrected chi connectivity index (χ1v) is 6.11. The second-order valence-electron chi connectivity index (χ2n) is 4.72. The first kappa shape index (κ1) is 12.9. The van der Waals surface area contributed by atoms with Crippen molar-refractivity contribution in [2.75, 3.05) is 26.9 Å². The second-order valence-corrected chi connectivity index (χ2v) is 4.72. The van der Waals surface area contributed by atoms with E-state index in [4.69, 9.17) is 4.74 Å². The van der Waals surface area contributed by atoms with Crippen LogP contribution in [-0.4, -0.2) is 38.0 Å². The Morgan fingerprint density at radius 3 is 2.80 bits per heavy atom. The van der Waals surface area contributed by atoms with Crippen molar-refractivity contribution in [3.63, 3.8) is 0 Å². The van der Waals surface area contributed by atoms with Crippen molar-refractivity contribution < 1.29 is 9.84 Å². The monoisotopic (exact) mass is 215 g/mol. The van der Waals surface area contributed by atoms with Crippen LogP contribution in [0.3, 0.4) is 0 Å². The molecule has 0 aromatic carbocycles. The Morgan fingerprint density at radius 1 is 1.40 bits per heavy atom. The average molecular weight is 215 g/mol. The van der Waals surface area contributed by atoms with Gasteiger partial charge in [0.25, 0.3) is 0 Å². The number of methoxy groups -OCH3 is 1. The van der Waals surface area contributed by atoms with Gasteiger partial charge in [0.05, 0.1) is 0 Å². The van der Waals surface area contributed by atoms with Crippen molar-refractivity contribution in [2.24, 2.45) is 11.8 Å². The quantitative estimate of drug-likeness (QED) is 0.674. The van der Waals surface area contributed by atoms with Crippen LogP contribution in [0.1, 0.15) is 32.6 Å². The lowest BCUT2D eigenvalue weighted by molar-refractivity contribution is 0.175. The summed E-state index contributed by atoms with van der Waals surface area (Å²) in [6.45, 7) is 4.43. The number of ether oxygens (including phenoxy) is 1. The van der Waals surface area contributed by atoms with Gasteiger partial charge in [-0.2, -0.15) is 0 Å². The van der Waals surface area contributed by atoms with Crippen molar-refractivity contribution in [1.82, 2.24) is 5.32 Å². The molecule has 0 radical (unpaired) electrons. The Balaban J connectivity index is 2.12. The predicted octanol–water partition coefficient (Wildman–Crippen LogP) is 1.41. The van der Waals surface area contributed by atoms with E-state index in [1.807, 2.05) is 0 Å². The number of nitrogens with one attached hydrogen (secondary N) is 1. The molecule has 0 aliphatic heterocycles. The van der Waals surface area contributed by atoms with Gasteiger partial charge in [-0.1, -0.05) is 6.42 Å². The summed E-state index contributed by atoms with van der Waals surface area (Å²) in [4.78, 5) is 0.